The van der Waals surface area contributed by atoms with Gasteiger partial charge in [-0.2, -0.15) is 5.10 Å². The molecule has 112 valence electrons. The summed E-state index contributed by atoms with van der Waals surface area (Å²) >= 11 is 0. The van der Waals surface area contributed by atoms with Gasteiger partial charge in [-0.3, -0.25) is 4.68 Å². The highest BCUT2D eigenvalue weighted by Gasteiger charge is 2.23. The van der Waals surface area contributed by atoms with Crippen molar-refractivity contribution in [1.82, 2.24) is 15.1 Å². The summed E-state index contributed by atoms with van der Waals surface area (Å²) in [5.74, 6) is 1.03. The predicted octanol–water partition coefficient (Wildman–Crippen LogP) is 2.69. The van der Waals surface area contributed by atoms with Crippen molar-refractivity contribution in [2.24, 2.45) is 0 Å². The summed E-state index contributed by atoms with van der Waals surface area (Å²) in [7, 11) is 0. The average molecular weight is 285 g/mol. The summed E-state index contributed by atoms with van der Waals surface area (Å²) in [6.45, 7) is 7.07. The first-order chi connectivity index (χ1) is 10.3. The minimum Gasteiger partial charge on any atom is -0.488 e. The molecule has 1 aromatic heterocycles. The topological polar surface area (TPSA) is 39.1 Å². The molecular formula is C17H23N3O. The van der Waals surface area contributed by atoms with Crippen LogP contribution in [0, 0.1) is 6.92 Å². The van der Waals surface area contributed by atoms with Crippen LogP contribution < -0.4 is 10.1 Å². The van der Waals surface area contributed by atoms with Crippen LogP contribution in [0.5, 0.6) is 5.75 Å². The van der Waals surface area contributed by atoms with Gasteiger partial charge in [-0.05, 0) is 31.5 Å². The van der Waals surface area contributed by atoms with Crippen molar-refractivity contribution in [2.75, 3.05) is 6.54 Å². The molecule has 0 aliphatic carbocycles. The Bertz CT molecular complexity index is 581. The highest BCUT2D eigenvalue weighted by molar-refractivity contribution is 5.37. The van der Waals surface area contributed by atoms with Crippen molar-refractivity contribution in [3.05, 3.63) is 47.3 Å². The van der Waals surface area contributed by atoms with Crippen LogP contribution in [0.25, 0.3) is 0 Å². The number of rotatable bonds is 6. The van der Waals surface area contributed by atoms with Gasteiger partial charge in [0.25, 0.3) is 0 Å². The molecule has 3 rings (SSSR count). The molecule has 1 aliphatic heterocycles. The van der Waals surface area contributed by atoms with Gasteiger partial charge in [0.15, 0.2) is 0 Å². The molecule has 1 unspecified atom stereocenters. The Morgan fingerprint density at radius 1 is 1.38 bits per heavy atom. The number of para-hydroxylation sites is 1. The maximum atomic E-state index is 6.00. The van der Waals surface area contributed by atoms with E-state index in [2.05, 4.69) is 41.1 Å². The number of hydrogen-bond donors (Lipinski definition) is 1. The quantitative estimate of drug-likeness (QED) is 0.829. The van der Waals surface area contributed by atoms with E-state index in [1.54, 1.807) is 0 Å². The number of aromatic nitrogens is 2. The summed E-state index contributed by atoms with van der Waals surface area (Å²) < 4.78 is 8.07. The molecule has 0 spiro atoms. The fraction of sp³-hybridized carbons (Fsp3) is 0.471. The standard InChI is InChI=1S/C17H23N3O/c1-3-8-18-10-15-11-19-20(13(15)2)12-16-9-14-6-4-5-7-17(14)21-16/h4-7,11,16,18H,3,8-10,12H2,1-2H3. The Kier molecular flexibility index (Phi) is 4.25. The Morgan fingerprint density at radius 2 is 2.24 bits per heavy atom. The third kappa shape index (κ3) is 3.10. The first-order valence-corrected chi connectivity index (χ1v) is 7.74. The number of fused-ring (bicyclic) bond motifs is 1. The van der Waals surface area contributed by atoms with Gasteiger partial charge in [0.05, 0.1) is 12.7 Å². The van der Waals surface area contributed by atoms with E-state index in [1.165, 1.54) is 16.8 Å². The van der Waals surface area contributed by atoms with Gasteiger partial charge in [-0.15, -0.1) is 0 Å². The van der Waals surface area contributed by atoms with Crippen LogP contribution in [0.2, 0.25) is 0 Å². The predicted molar refractivity (Wildman–Crippen MR) is 83.5 cm³/mol. The molecule has 0 radical (unpaired) electrons. The molecule has 21 heavy (non-hydrogen) atoms. The van der Waals surface area contributed by atoms with E-state index in [4.69, 9.17) is 4.74 Å². The zero-order valence-electron chi connectivity index (χ0n) is 12.8. The summed E-state index contributed by atoms with van der Waals surface area (Å²) in [6.07, 6.45) is 4.29. The molecule has 0 bridgehead atoms. The molecular weight excluding hydrogens is 262 g/mol. The minimum absolute atomic E-state index is 0.192. The Labute approximate surface area is 126 Å². The van der Waals surface area contributed by atoms with Crippen molar-refractivity contribution >= 4 is 0 Å². The fourth-order valence-corrected chi connectivity index (χ4v) is 2.79. The molecule has 0 saturated carbocycles. The molecule has 2 aromatic rings. The average Bonchev–Trinajstić information content (AvgIpc) is 3.05. The first-order valence-electron chi connectivity index (χ1n) is 7.74. The number of benzene rings is 1. The van der Waals surface area contributed by atoms with Crippen LogP contribution in [-0.2, 0) is 19.5 Å². The zero-order valence-corrected chi connectivity index (χ0v) is 12.8. The number of hydrogen-bond acceptors (Lipinski definition) is 3. The van der Waals surface area contributed by atoms with E-state index in [0.29, 0.717) is 0 Å². The molecule has 4 heteroatoms. The highest BCUT2D eigenvalue weighted by Crippen LogP contribution is 2.28. The number of nitrogens with zero attached hydrogens (tertiary/aromatic N) is 2. The van der Waals surface area contributed by atoms with Crippen LogP contribution in [0.3, 0.4) is 0 Å². The van der Waals surface area contributed by atoms with Gasteiger partial charge in [0.1, 0.15) is 11.9 Å². The summed E-state index contributed by atoms with van der Waals surface area (Å²) in [5.41, 5.74) is 3.81. The SMILES string of the molecule is CCCNCc1cnn(CC2Cc3ccccc3O2)c1C. The van der Waals surface area contributed by atoms with Crippen molar-refractivity contribution < 1.29 is 4.74 Å². The maximum Gasteiger partial charge on any atom is 0.123 e. The van der Waals surface area contributed by atoms with Crippen LogP contribution in [0.4, 0.5) is 0 Å². The van der Waals surface area contributed by atoms with E-state index >= 15 is 0 Å². The van der Waals surface area contributed by atoms with Crippen LogP contribution in [0.1, 0.15) is 30.2 Å². The maximum absolute atomic E-state index is 6.00. The third-order valence-electron chi connectivity index (χ3n) is 4.04. The monoisotopic (exact) mass is 285 g/mol. The van der Waals surface area contributed by atoms with Gasteiger partial charge < -0.3 is 10.1 Å². The molecule has 0 amide bonds. The van der Waals surface area contributed by atoms with Gasteiger partial charge in [0.2, 0.25) is 0 Å². The molecule has 1 aliphatic rings. The molecule has 0 saturated heterocycles. The molecule has 2 heterocycles. The normalized spacial score (nSPS) is 16.8. The van der Waals surface area contributed by atoms with Crippen LogP contribution in [0.15, 0.2) is 30.5 Å². The lowest BCUT2D eigenvalue weighted by Gasteiger charge is -2.12. The third-order valence-corrected chi connectivity index (χ3v) is 4.04. The second-order valence-corrected chi connectivity index (χ2v) is 5.67. The summed E-state index contributed by atoms with van der Waals surface area (Å²) in [5, 5.41) is 7.95. The van der Waals surface area contributed by atoms with Gasteiger partial charge in [-0.25, -0.2) is 0 Å². The minimum atomic E-state index is 0.192. The van der Waals surface area contributed by atoms with Gasteiger partial charge >= 0.3 is 0 Å². The zero-order chi connectivity index (χ0) is 14.7. The molecule has 1 N–H and O–H groups in total. The van der Waals surface area contributed by atoms with Crippen molar-refractivity contribution in [2.45, 2.75) is 45.9 Å². The lowest BCUT2D eigenvalue weighted by atomic mass is 10.1. The summed E-state index contributed by atoms with van der Waals surface area (Å²) in [4.78, 5) is 0. The first kappa shape index (κ1) is 14.1. The summed E-state index contributed by atoms with van der Waals surface area (Å²) in [6, 6.07) is 8.29. The van der Waals surface area contributed by atoms with Crippen LogP contribution in [-0.4, -0.2) is 22.4 Å². The molecule has 4 nitrogen and oxygen atoms in total. The second-order valence-electron chi connectivity index (χ2n) is 5.67. The Balaban J connectivity index is 1.62. The van der Waals surface area contributed by atoms with E-state index in [-0.39, 0.29) is 6.10 Å². The molecule has 0 fully saturated rings. The number of nitrogens with one attached hydrogen (secondary N) is 1. The highest BCUT2D eigenvalue weighted by atomic mass is 16.5. The fourth-order valence-electron chi connectivity index (χ4n) is 2.79. The van der Waals surface area contributed by atoms with Crippen molar-refractivity contribution in [1.29, 1.82) is 0 Å². The molecule has 1 aromatic carbocycles. The Hall–Kier alpha value is -1.81. The van der Waals surface area contributed by atoms with E-state index in [0.717, 1.165) is 38.2 Å². The van der Waals surface area contributed by atoms with E-state index < -0.39 is 0 Å². The van der Waals surface area contributed by atoms with Crippen molar-refractivity contribution in [3.63, 3.8) is 0 Å². The largest absolute Gasteiger partial charge is 0.488 e. The van der Waals surface area contributed by atoms with Crippen LogP contribution >= 0.6 is 0 Å². The molecule has 1 atom stereocenters. The second kappa shape index (κ2) is 6.31. The smallest absolute Gasteiger partial charge is 0.123 e. The lowest BCUT2D eigenvalue weighted by molar-refractivity contribution is 0.202. The van der Waals surface area contributed by atoms with Gasteiger partial charge in [0, 0.05) is 24.2 Å². The number of ether oxygens (including phenoxy) is 1. The van der Waals surface area contributed by atoms with Crippen molar-refractivity contribution in [3.8, 4) is 5.75 Å². The Morgan fingerprint density at radius 3 is 3.05 bits per heavy atom. The lowest BCUT2D eigenvalue weighted by Crippen LogP contribution is -2.22. The van der Waals surface area contributed by atoms with Gasteiger partial charge in [-0.1, -0.05) is 25.1 Å². The van der Waals surface area contributed by atoms with E-state index in [9.17, 15) is 0 Å². The van der Waals surface area contributed by atoms with E-state index in [1.807, 2.05) is 18.3 Å².